The van der Waals surface area contributed by atoms with Gasteiger partial charge in [0, 0.05) is 26.2 Å². The molecule has 94 valence electrons. The minimum absolute atomic E-state index is 0.225. The van der Waals surface area contributed by atoms with Crippen molar-refractivity contribution < 1.29 is 9.53 Å². The number of nitrogens with two attached hydrogens (primary N) is 1. The molecular formula is C12H24N2O2. The molecule has 4 heteroatoms. The molecule has 0 aromatic carbocycles. The lowest BCUT2D eigenvalue weighted by Crippen LogP contribution is -2.52. The summed E-state index contributed by atoms with van der Waals surface area (Å²) in [6, 6.07) is 0. The molecule has 1 saturated carbocycles. The third-order valence-electron chi connectivity index (χ3n) is 3.53. The fourth-order valence-electron chi connectivity index (χ4n) is 2.17. The van der Waals surface area contributed by atoms with E-state index in [2.05, 4.69) is 0 Å². The van der Waals surface area contributed by atoms with Gasteiger partial charge in [-0.05, 0) is 26.7 Å². The molecule has 0 atom stereocenters. The monoisotopic (exact) mass is 228 g/mol. The molecule has 0 bridgehead atoms. The number of carbonyl (C=O) groups excluding carboxylic acids is 1. The quantitative estimate of drug-likeness (QED) is 0.661. The van der Waals surface area contributed by atoms with E-state index in [1.54, 1.807) is 0 Å². The van der Waals surface area contributed by atoms with Gasteiger partial charge in [-0.25, -0.2) is 0 Å². The average Bonchev–Trinajstić information content (AvgIpc) is 2.23. The summed E-state index contributed by atoms with van der Waals surface area (Å²) in [4.78, 5) is 14.2. The summed E-state index contributed by atoms with van der Waals surface area (Å²) >= 11 is 0. The number of amides is 1. The highest BCUT2D eigenvalue weighted by molar-refractivity contribution is 5.83. The van der Waals surface area contributed by atoms with Crippen LogP contribution in [0, 0.1) is 5.41 Å². The predicted molar refractivity (Wildman–Crippen MR) is 64.1 cm³/mol. The number of carbonyl (C=O) groups is 1. The smallest absolute Gasteiger partial charge is 0.230 e. The van der Waals surface area contributed by atoms with Gasteiger partial charge >= 0.3 is 0 Å². The first kappa shape index (κ1) is 13.5. The van der Waals surface area contributed by atoms with Gasteiger partial charge in [0.15, 0.2) is 0 Å². The van der Waals surface area contributed by atoms with Crippen molar-refractivity contribution in [2.75, 3.05) is 32.8 Å². The van der Waals surface area contributed by atoms with Crippen molar-refractivity contribution in [3.05, 3.63) is 0 Å². The second-order valence-electron chi connectivity index (χ2n) is 4.42. The number of likely N-dealkylation sites (N-methyl/N-ethyl adjacent to an activating group) is 1. The van der Waals surface area contributed by atoms with Crippen molar-refractivity contribution in [3.63, 3.8) is 0 Å². The molecule has 0 aromatic rings. The molecule has 0 spiro atoms. The lowest BCUT2D eigenvalue weighted by atomic mass is 9.68. The first-order valence-electron chi connectivity index (χ1n) is 6.27. The van der Waals surface area contributed by atoms with Crippen molar-refractivity contribution >= 4 is 5.91 Å². The van der Waals surface area contributed by atoms with E-state index in [1.807, 2.05) is 18.7 Å². The Bertz CT molecular complexity index is 222. The zero-order chi connectivity index (χ0) is 12.0. The lowest BCUT2D eigenvalue weighted by Gasteiger charge is -2.42. The first-order chi connectivity index (χ1) is 7.70. The van der Waals surface area contributed by atoms with Crippen LogP contribution in [0.25, 0.3) is 0 Å². The summed E-state index contributed by atoms with van der Waals surface area (Å²) < 4.78 is 5.29. The van der Waals surface area contributed by atoms with Gasteiger partial charge in [-0.3, -0.25) is 4.79 Å². The number of nitrogens with zero attached hydrogens (tertiary/aromatic N) is 1. The van der Waals surface area contributed by atoms with Crippen molar-refractivity contribution in [3.8, 4) is 0 Å². The van der Waals surface area contributed by atoms with Crippen LogP contribution in [0.3, 0.4) is 0 Å². The molecule has 16 heavy (non-hydrogen) atoms. The Hall–Kier alpha value is -0.610. The Morgan fingerprint density at radius 2 is 2.12 bits per heavy atom. The summed E-state index contributed by atoms with van der Waals surface area (Å²) in [6.07, 6.45) is 3.03. The molecule has 1 aliphatic rings. The van der Waals surface area contributed by atoms with Crippen LogP contribution in [0.5, 0.6) is 0 Å². The van der Waals surface area contributed by atoms with E-state index in [1.165, 1.54) is 0 Å². The Labute approximate surface area is 98.1 Å². The standard InChI is InChI=1S/C12H24N2O2/c1-3-14(8-9-16-4-2)11(15)12(10-13)6-5-7-12/h3-10,13H2,1-2H3. The van der Waals surface area contributed by atoms with Gasteiger partial charge in [0.05, 0.1) is 12.0 Å². The van der Waals surface area contributed by atoms with E-state index in [0.717, 1.165) is 25.8 Å². The number of ether oxygens (including phenoxy) is 1. The Kier molecular flexibility index (Phi) is 5.22. The minimum Gasteiger partial charge on any atom is -0.380 e. The van der Waals surface area contributed by atoms with Gasteiger partial charge in [0.1, 0.15) is 0 Å². The van der Waals surface area contributed by atoms with Crippen LogP contribution in [0.2, 0.25) is 0 Å². The van der Waals surface area contributed by atoms with Gasteiger partial charge in [0.25, 0.3) is 0 Å². The SMILES string of the molecule is CCOCCN(CC)C(=O)C1(CN)CCC1. The maximum absolute atomic E-state index is 12.3. The fourth-order valence-corrected chi connectivity index (χ4v) is 2.17. The van der Waals surface area contributed by atoms with Gasteiger partial charge in [0.2, 0.25) is 5.91 Å². The van der Waals surface area contributed by atoms with E-state index in [4.69, 9.17) is 10.5 Å². The topological polar surface area (TPSA) is 55.6 Å². The molecule has 0 unspecified atom stereocenters. The van der Waals surface area contributed by atoms with E-state index in [9.17, 15) is 4.79 Å². The minimum atomic E-state index is -0.248. The maximum atomic E-state index is 12.3. The van der Waals surface area contributed by atoms with Gasteiger partial charge in [-0.1, -0.05) is 6.42 Å². The van der Waals surface area contributed by atoms with Crippen LogP contribution in [0.1, 0.15) is 33.1 Å². The van der Waals surface area contributed by atoms with Gasteiger partial charge < -0.3 is 15.4 Å². The third-order valence-corrected chi connectivity index (χ3v) is 3.53. The molecule has 0 aromatic heterocycles. The summed E-state index contributed by atoms with van der Waals surface area (Å²) in [7, 11) is 0. The molecule has 0 heterocycles. The number of hydrogen-bond acceptors (Lipinski definition) is 3. The Morgan fingerprint density at radius 1 is 1.44 bits per heavy atom. The zero-order valence-corrected chi connectivity index (χ0v) is 10.5. The number of hydrogen-bond donors (Lipinski definition) is 1. The van der Waals surface area contributed by atoms with Crippen LogP contribution in [-0.4, -0.2) is 43.7 Å². The summed E-state index contributed by atoms with van der Waals surface area (Å²) in [5, 5.41) is 0. The van der Waals surface area contributed by atoms with Crippen molar-refractivity contribution in [2.45, 2.75) is 33.1 Å². The average molecular weight is 228 g/mol. The van der Waals surface area contributed by atoms with Crippen molar-refractivity contribution in [1.82, 2.24) is 4.90 Å². The second kappa shape index (κ2) is 6.21. The Balaban J connectivity index is 2.48. The molecule has 0 radical (unpaired) electrons. The Morgan fingerprint density at radius 3 is 2.50 bits per heavy atom. The van der Waals surface area contributed by atoms with E-state index in [0.29, 0.717) is 26.3 Å². The summed E-state index contributed by atoms with van der Waals surface area (Å²) in [5.74, 6) is 0.225. The van der Waals surface area contributed by atoms with Crippen LogP contribution >= 0.6 is 0 Å². The van der Waals surface area contributed by atoms with E-state index in [-0.39, 0.29) is 11.3 Å². The molecule has 1 aliphatic carbocycles. The molecule has 1 rings (SSSR count). The van der Waals surface area contributed by atoms with Crippen molar-refractivity contribution in [2.24, 2.45) is 11.1 Å². The molecule has 0 saturated heterocycles. The normalized spacial score (nSPS) is 17.9. The molecule has 4 nitrogen and oxygen atoms in total. The predicted octanol–water partition coefficient (Wildman–Crippen LogP) is 1.00. The highest BCUT2D eigenvalue weighted by Gasteiger charge is 2.44. The van der Waals surface area contributed by atoms with Crippen LogP contribution < -0.4 is 5.73 Å². The fraction of sp³-hybridized carbons (Fsp3) is 0.917. The summed E-state index contributed by atoms with van der Waals surface area (Å²) in [5.41, 5.74) is 5.49. The van der Waals surface area contributed by atoms with Crippen LogP contribution in [0.4, 0.5) is 0 Å². The number of rotatable bonds is 7. The highest BCUT2D eigenvalue weighted by Crippen LogP contribution is 2.41. The summed E-state index contributed by atoms with van der Waals surface area (Å²) in [6.45, 7) is 7.21. The van der Waals surface area contributed by atoms with Gasteiger partial charge in [-0.2, -0.15) is 0 Å². The molecule has 0 aliphatic heterocycles. The highest BCUT2D eigenvalue weighted by atomic mass is 16.5. The van der Waals surface area contributed by atoms with Crippen molar-refractivity contribution in [1.29, 1.82) is 0 Å². The lowest BCUT2D eigenvalue weighted by molar-refractivity contribution is -0.147. The first-order valence-corrected chi connectivity index (χ1v) is 6.27. The maximum Gasteiger partial charge on any atom is 0.230 e. The molecule has 1 amide bonds. The van der Waals surface area contributed by atoms with Gasteiger partial charge in [-0.15, -0.1) is 0 Å². The molecule has 2 N–H and O–H groups in total. The van der Waals surface area contributed by atoms with Crippen LogP contribution in [0.15, 0.2) is 0 Å². The second-order valence-corrected chi connectivity index (χ2v) is 4.42. The largest absolute Gasteiger partial charge is 0.380 e. The molecule has 1 fully saturated rings. The zero-order valence-electron chi connectivity index (χ0n) is 10.5. The molecular weight excluding hydrogens is 204 g/mol. The van der Waals surface area contributed by atoms with E-state index < -0.39 is 0 Å². The third kappa shape index (κ3) is 2.74. The van der Waals surface area contributed by atoms with E-state index >= 15 is 0 Å². The van der Waals surface area contributed by atoms with Crippen LogP contribution in [-0.2, 0) is 9.53 Å².